The van der Waals surface area contributed by atoms with Crippen molar-refractivity contribution in [3.8, 4) is 0 Å². The molecule has 3 rings (SSSR count). The van der Waals surface area contributed by atoms with E-state index in [2.05, 4.69) is 21.3 Å². The Labute approximate surface area is 172 Å². The third-order valence-corrected chi connectivity index (χ3v) is 6.21. The maximum atomic E-state index is 12.9. The molecular weight excluding hydrogens is 396 g/mol. The second kappa shape index (κ2) is 9.36. The maximum Gasteiger partial charge on any atom is 0.252 e. The summed E-state index contributed by atoms with van der Waals surface area (Å²) in [7, 11) is 0. The Morgan fingerprint density at radius 2 is 2.14 bits per heavy atom. The van der Waals surface area contributed by atoms with Crippen molar-refractivity contribution in [2.24, 2.45) is 5.41 Å². The monoisotopic (exact) mass is 422 g/mol. The summed E-state index contributed by atoms with van der Waals surface area (Å²) in [5.74, 6) is -1.25. The van der Waals surface area contributed by atoms with Crippen LogP contribution in [0.15, 0.2) is 16.8 Å². The van der Waals surface area contributed by atoms with E-state index in [9.17, 15) is 19.2 Å². The zero-order chi connectivity index (χ0) is 20.9. The largest absolute Gasteiger partial charge is 0.379 e. The van der Waals surface area contributed by atoms with E-state index in [1.54, 1.807) is 16.8 Å². The zero-order valence-electron chi connectivity index (χ0n) is 16.3. The van der Waals surface area contributed by atoms with Gasteiger partial charge < -0.3 is 26.0 Å². The van der Waals surface area contributed by atoms with Crippen molar-refractivity contribution >= 4 is 35.0 Å². The lowest BCUT2D eigenvalue weighted by molar-refractivity contribution is -0.142. The standard InChI is InChI=1S/C19H26N4O5S/c1-2-19(5-6-20-17(19)26)18(27)23-14-10-28-7-3-13(14)22-15(24)9-21-16(25)12-4-8-29-11-12/h4,8,11,13-14H,2-3,5-7,9-10H2,1H3,(H,20,26)(H,21,25)(H,22,24)(H,23,27)/t13-,14+,19?/m0/s1. The Bertz CT molecular complexity index is 769. The van der Waals surface area contributed by atoms with E-state index in [-0.39, 0.29) is 42.8 Å². The number of hydrogen-bond acceptors (Lipinski definition) is 6. The molecule has 2 fully saturated rings. The molecule has 0 bridgehead atoms. The van der Waals surface area contributed by atoms with Crippen LogP contribution in [0.1, 0.15) is 36.5 Å². The van der Waals surface area contributed by atoms with Crippen molar-refractivity contribution in [3.05, 3.63) is 22.4 Å². The van der Waals surface area contributed by atoms with Gasteiger partial charge in [0.25, 0.3) is 5.91 Å². The van der Waals surface area contributed by atoms with E-state index in [0.29, 0.717) is 38.0 Å². The van der Waals surface area contributed by atoms with Crippen LogP contribution in [0.4, 0.5) is 0 Å². The fourth-order valence-corrected chi connectivity index (χ4v) is 4.30. The third kappa shape index (κ3) is 4.76. The second-order valence-corrected chi connectivity index (χ2v) is 8.03. The Morgan fingerprint density at radius 1 is 1.31 bits per heavy atom. The summed E-state index contributed by atoms with van der Waals surface area (Å²) in [5.41, 5.74) is -0.556. The molecule has 9 nitrogen and oxygen atoms in total. The average Bonchev–Trinajstić information content (AvgIpc) is 3.38. The Kier molecular flexibility index (Phi) is 6.86. The van der Waals surface area contributed by atoms with Crippen LogP contribution in [0.3, 0.4) is 0 Å². The Balaban J connectivity index is 1.55. The van der Waals surface area contributed by atoms with Crippen molar-refractivity contribution < 1.29 is 23.9 Å². The van der Waals surface area contributed by atoms with E-state index in [0.717, 1.165) is 0 Å². The van der Waals surface area contributed by atoms with Crippen LogP contribution in [-0.4, -0.2) is 62.0 Å². The summed E-state index contributed by atoms with van der Waals surface area (Å²) < 4.78 is 5.46. The van der Waals surface area contributed by atoms with Crippen molar-refractivity contribution in [2.75, 3.05) is 26.3 Å². The maximum absolute atomic E-state index is 12.9. The summed E-state index contributed by atoms with van der Waals surface area (Å²) in [5, 5.41) is 14.6. The third-order valence-electron chi connectivity index (χ3n) is 5.52. The molecule has 1 unspecified atom stereocenters. The highest BCUT2D eigenvalue weighted by Gasteiger charge is 2.48. The van der Waals surface area contributed by atoms with Crippen LogP contribution in [0.25, 0.3) is 0 Å². The summed E-state index contributed by atoms with van der Waals surface area (Å²) >= 11 is 1.40. The molecule has 4 amide bonds. The first kappa shape index (κ1) is 21.3. The van der Waals surface area contributed by atoms with Gasteiger partial charge in [-0.25, -0.2) is 0 Å². The highest BCUT2D eigenvalue weighted by Crippen LogP contribution is 2.31. The molecular formula is C19H26N4O5S. The lowest BCUT2D eigenvalue weighted by atomic mass is 9.82. The summed E-state index contributed by atoms with van der Waals surface area (Å²) in [6, 6.07) is 0.909. The number of hydrogen-bond donors (Lipinski definition) is 4. The highest BCUT2D eigenvalue weighted by atomic mass is 32.1. The van der Waals surface area contributed by atoms with Gasteiger partial charge in [-0.15, -0.1) is 0 Å². The van der Waals surface area contributed by atoms with Crippen molar-refractivity contribution in [1.29, 1.82) is 0 Å². The molecule has 0 aromatic carbocycles. The van der Waals surface area contributed by atoms with Gasteiger partial charge in [-0.2, -0.15) is 11.3 Å². The van der Waals surface area contributed by atoms with Gasteiger partial charge >= 0.3 is 0 Å². The molecule has 2 aliphatic rings. The average molecular weight is 423 g/mol. The summed E-state index contributed by atoms with van der Waals surface area (Å²) in [6.45, 7) is 2.84. The molecule has 158 valence electrons. The van der Waals surface area contributed by atoms with Gasteiger partial charge in [0, 0.05) is 24.1 Å². The lowest BCUT2D eigenvalue weighted by Crippen LogP contribution is -2.60. The van der Waals surface area contributed by atoms with Gasteiger partial charge in [0.2, 0.25) is 17.7 Å². The molecule has 0 radical (unpaired) electrons. The van der Waals surface area contributed by atoms with Crippen LogP contribution < -0.4 is 21.3 Å². The number of thiophene rings is 1. The predicted molar refractivity (Wildman–Crippen MR) is 106 cm³/mol. The zero-order valence-corrected chi connectivity index (χ0v) is 17.1. The molecule has 1 aromatic heterocycles. The lowest BCUT2D eigenvalue weighted by Gasteiger charge is -2.35. The quantitative estimate of drug-likeness (QED) is 0.452. The van der Waals surface area contributed by atoms with Crippen molar-refractivity contribution in [3.63, 3.8) is 0 Å². The number of carbonyl (C=O) groups is 4. The highest BCUT2D eigenvalue weighted by molar-refractivity contribution is 7.08. The Morgan fingerprint density at radius 3 is 2.79 bits per heavy atom. The van der Waals surface area contributed by atoms with Crippen LogP contribution in [0.2, 0.25) is 0 Å². The topological polar surface area (TPSA) is 126 Å². The number of ether oxygens (including phenoxy) is 1. The number of nitrogens with one attached hydrogen (secondary N) is 4. The number of carbonyl (C=O) groups excluding carboxylic acids is 4. The fourth-order valence-electron chi connectivity index (χ4n) is 3.66. The van der Waals surface area contributed by atoms with E-state index >= 15 is 0 Å². The van der Waals surface area contributed by atoms with E-state index in [4.69, 9.17) is 4.74 Å². The molecule has 3 atom stereocenters. The fraction of sp³-hybridized carbons (Fsp3) is 0.579. The van der Waals surface area contributed by atoms with Crippen LogP contribution in [-0.2, 0) is 19.1 Å². The minimum absolute atomic E-state index is 0.159. The SMILES string of the molecule is CCC1(C(=O)N[C@@H]2COCC[C@@H]2NC(=O)CNC(=O)c2ccsc2)CCNC1=O. The van der Waals surface area contributed by atoms with Crippen LogP contribution in [0.5, 0.6) is 0 Å². The molecule has 0 saturated carbocycles. The summed E-state index contributed by atoms with van der Waals surface area (Å²) in [4.78, 5) is 49.3. The molecule has 2 aliphatic heterocycles. The normalized spacial score (nSPS) is 26.4. The minimum atomic E-state index is -1.07. The molecule has 10 heteroatoms. The Hall–Kier alpha value is -2.46. The molecule has 29 heavy (non-hydrogen) atoms. The summed E-state index contributed by atoms with van der Waals surface area (Å²) in [6.07, 6.45) is 1.39. The van der Waals surface area contributed by atoms with Crippen LogP contribution in [0, 0.1) is 5.41 Å². The molecule has 1 aromatic rings. The van der Waals surface area contributed by atoms with Crippen molar-refractivity contribution in [1.82, 2.24) is 21.3 Å². The van der Waals surface area contributed by atoms with Gasteiger partial charge in [-0.3, -0.25) is 19.2 Å². The first-order chi connectivity index (χ1) is 14.0. The van der Waals surface area contributed by atoms with E-state index < -0.39 is 11.5 Å². The second-order valence-electron chi connectivity index (χ2n) is 7.25. The van der Waals surface area contributed by atoms with Gasteiger partial charge in [-0.05, 0) is 30.7 Å². The number of amides is 4. The molecule has 3 heterocycles. The molecule has 0 spiro atoms. The van der Waals surface area contributed by atoms with Crippen molar-refractivity contribution in [2.45, 2.75) is 38.3 Å². The first-order valence-electron chi connectivity index (χ1n) is 9.73. The van der Waals surface area contributed by atoms with E-state index in [1.165, 1.54) is 11.3 Å². The molecule has 2 saturated heterocycles. The first-order valence-corrected chi connectivity index (χ1v) is 10.7. The smallest absolute Gasteiger partial charge is 0.252 e. The molecule has 0 aliphatic carbocycles. The van der Waals surface area contributed by atoms with Gasteiger partial charge in [0.05, 0.1) is 25.2 Å². The van der Waals surface area contributed by atoms with Gasteiger partial charge in [-0.1, -0.05) is 6.92 Å². The van der Waals surface area contributed by atoms with Gasteiger partial charge in [0.15, 0.2) is 0 Å². The minimum Gasteiger partial charge on any atom is -0.379 e. The van der Waals surface area contributed by atoms with Gasteiger partial charge in [0.1, 0.15) is 5.41 Å². The van der Waals surface area contributed by atoms with Crippen LogP contribution >= 0.6 is 11.3 Å². The predicted octanol–water partition coefficient (Wildman–Crippen LogP) is -0.216. The molecule has 4 N–H and O–H groups in total. The van der Waals surface area contributed by atoms with E-state index in [1.807, 2.05) is 6.92 Å². The number of rotatable bonds is 7.